The summed E-state index contributed by atoms with van der Waals surface area (Å²) < 4.78 is 1.69. The predicted octanol–water partition coefficient (Wildman–Crippen LogP) is 21.1. The number of hydrogen-bond acceptors (Lipinski definition) is 0. The Balaban J connectivity index is 0.000000980. The maximum atomic E-state index is 12.9. The molecule has 0 radical (unpaired) electrons. The van der Waals surface area contributed by atoms with Crippen molar-refractivity contribution in [2.45, 2.75) is 235 Å². The summed E-state index contributed by atoms with van der Waals surface area (Å²) in [6.45, 7) is 26.0. The first-order chi connectivity index (χ1) is 34.2. The Bertz CT molecular complexity index is 2040. The smallest absolute Gasteiger partial charge is 0.493 e. The van der Waals surface area contributed by atoms with Gasteiger partial charge in [0.2, 0.25) is 11.4 Å². The summed E-state index contributed by atoms with van der Waals surface area (Å²) in [5.41, 5.74) is 31.5. The van der Waals surface area contributed by atoms with Crippen LogP contribution in [-0.2, 0) is 55.0 Å². The minimum absolute atomic E-state index is 0. The van der Waals surface area contributed by atoms with Crippen LogP contribution in [0.25, 0.3) is 16.9 Å². The number of nitrogens with zero attached hydrogens (tertiary/aromatic N) is 2. The number of aryl methyl sites for hydroxylation is 4. The predicted molar refractivity (Wildman–Crippen MR) is 310 cm³/mol. The van der Waals surface area contributed by atoms with Crippen molar-refractivity contribution in [3.05, 3.63) is 183 Å². The molecule has 1 heterocycles. The molecule has 3 heteroatoms. The van der Waals surface area contributed by atoms with Crippen LogP contribution in [0.4, 0.5) is 0 Å². The number of hydrogen-bond donors (Lipinski definition) is 0. The van der Waals surface area contributed by atoms with Crippen molar-refractivity contribution in [2.24, 2.45) is 0 Å². The first-order valence-corrected chi connectivity index (χ1v) is 28.9. The van der Waals surface area contributed by atoms with Gasteiger partial charge >= 0.3 is 16.5 Å². The zero-order valence-corrected chi connectivity index (χ0v) is 47.6. The van der Waals surface area contributed by atoms with E-state index in [9.17, 15) is 5.53 Å². The summed E-state index contributed by atoms with van der Waals surface area (Å²) >= 11 is 0. The maximum absolute atomic E-state index is 12.9. The van der Waals surface area contributed by atoms with Crippen LogP contribution in [0.2, 0.25) is 0 Å². The first-order valence-electron chi connectivity index (χ1n) is 28.9. The van der Waals surface area contributed by atoms with Crippen LogP contribution in [-0.4, -0.2) is 4.70 Å². The van der Waals surface area contributed by atoms with E-state index in [0.717, 1.165) is 67.5 Å². The monoisotopic (exact) mass is 1000 g/mol. The van der Waals surface area contributed by atoms with Gasteiger partial charge in [0.05, 0.1) is 5.57 Å². The van der Waals surface area contributed by atoms with Gasteiger partial charge in [0.25, 0.3) is 0 Å². The van der Waals surface area contributed by atoms with Gasteiger partial charge in [0.15, 0.2) is 0 Å². The van der Waals surface area contributed by atoms with Gasteiger partial charge in [-0.25, -0.2) is 4.70 Å². The number of allylic oxidation sites excluding steroid dienone is 4. The van der Waals surface area contributed by atoms with Gasteiger partial charge in [-0.05, 0) is 160 Å². The van der Waals surface area contributed by atoms with E-state index in [1.165, 1.54) is 179 Å². The molecule has 0 aromatic heterocycles. The average Bonchev–Trinajstić information content (AvgIpc) is 3.65. The largest absolute Gasteiger partial charge is 2.00 e. The van der Waals surface area contributed by atoms with E-state index < -0.39 is 0 Å². The summed E-state index contributed by atoms with van der Waals surface area (Å²) in [4.78, 5) is 0. The molecule has 0 saturated heterocycles. The number of unbranched alkanes of at least 4 members (excludes halogenated alkanes) is 13. The molecule has 0 atom stereocenters. The van der Waals surface area contributed by atoms with Crippen LogP contribution in [0.5, 0.6) is 0 Å². The van der Waals surface area contributed by atoms with Crippen LogP contribution >= 0.6 is 0 Å². The van der Waals surface area contributed by atoms with Crippen LogP contribution in [0.1, 0.15) is 252 Å². The topological polar surface area (TPSA) is 25.3 Å². The fraction of sp³-hybridized carbons (Fsp3) is 0.529. The van der Waals surface area contributed by atoms with Crippen molar-refractivity contribution in [1.82, 2.24) is 0 Å². The van der Waals surface area contributed by atoms with Crippen molar-refractivity contribution in [2.75, 3.05) is 0 Å². The molecule has 0 N–H and O–H groups in total. The minimum atomic E-state index is 0. The summed E-state index contributed by atoms with van der Waals surface area (Å²) in [5.74, 6) is 0. The molecule has 5 rings (SSSR count). The maximum Gasteiger partial charge on any atom is 2.00 e. The van der Waals surface area contributed by atoms with Crippen molar-refractivity contribution < 1.29 is 21.2 Å². The molecule has 4 aromatic rings. The summed E-state index contributed by atoms with van der Waals surface area (Å²) in [6.07, 6.45) is 38.3. The summed E-state index contributed by atoms with van der Waals surface area (Å²) in [5, 5.41) is 0. The molecule has 0 spiro atoms. The van der Waals surface area contributed by atoms with Crippen LogP contribution < -0.4 is 0 Å². The molecule has 0 unspecified atom stereocenters. The molecule has 0 amide bonds. The quantitative estimate of drug-likeness (QED) is 0.0208. The van der Waals surface area contributed by atoms with E-state index in [-0.39, 0.29) is 16.5 Å². The Morgan fingerprint density at radius 3 is 1.11 bits per heavy atom. The van der Waals surface area contributed by atoms with E-state index in [2.05, 4.69) is 106 Å². The number of benzene rings is 4. The average molecular weight is 1000 g/mol. The molecular weight excluding hydrogens is 903 g/mol. The summed E-state index contributed by atoms with van der Waals surface area (Å²) in [6, 6.07) is 29.8. The normalized spacial score (nSPS) is 12.3. The van der Waals surface area contributed by atoms with Gasteiger partial charge in [-0.1, -0.05) is 157 Å². The van der Waals surface area contributed by atoms with Crippen LogP contribution in [0.15, 0.2) is 108 Å². The van der Waals surface area contributed by atoms with Gasteiger partial charge in [-0.3, -0.25) is 0 Å². The van der Waals surface area contributed by atoms with Gasteiger partial charge in [0, 0.05) is 16.7 Å². The zero-order chi connectivity index (χ0) is 50.8. The van der Waals surface area contributed by atoms with Gasteiger partial charge in [-0.2, -0.15) is 49.2 Å². The van der Waals surface area contributed by atoms with Gasteiger partial charge in [-0.15, -0.1) is 24.3 Å². The Morgan fingerprint density at radius 2 is 0.761 bits per heavy atom. The molecule has 2 nitrogen and oxygen atoms in total. The van der Waals surface area contributed by atoms with E-state index in [1.54, 1.807) is 15.8 Å². The molecular formula is C68H100N2Ni. The fourth-order valence-corrected chi connectivity index (χ4v) is 9.78. The van der Waals surface area contributed by atoms with Crippen molar-refractivity contribution in [1.29, 1.82) is 0 Å². The minimum Gasteiger partial charge on any atom is -0.493 e. The molecule has 4 aromatic carbocycles. The second kappa shape index (κ2) is 38.5. The molecule has 0 fully saturated rings. The Hall–Kier alpha value is -4.07. The Morgan fingerprint density at radius 1 is 0.408 bits per heavy atom. The Kier molecular flexibility index (Phi) is 34.2. The number of rotatable bonds is 31. The second-order valence-electron chi connectivity index (χ2n) is 20.1. The molecule has 0 aliphatic carbocycles. The zero-order valence-electron chi connectivity index (χ0n) is 46.7. The van der Waals surface area contributed by atoms with Crippen LogP contribution in [0.3, 0.4) is 0 Å². The SMILES string of the molecule is CCCCCCC=CC1=C(c2cc(CCCC)c(CCCC)c(CCCC)c2)[N+](=[N-])C(c2cc(CCCC)c(CCCC)c(CCCC)c2)=C1CCCCCC.[CH2-]c1ccccc1.[CH2-]c1ccccc1.[Ni+2]. The van der Waals surface area contributed by atoms with E-state index in [1.807, 2.05) is 60.7 Å². The molecule has 0 saturated carbocycles. The molecule has 71 heavy (non-hydrogen) atoms. The van der Waals surface area contributed by atoms with E-state index >= 15 is 0 Å². The van der Waals surface area contributed by atoms with Crippen LogP contribution in [0, 0.1) is 13.8 Å². The standard InChI is InChI=1S/C54H86N2.2C7H7.Ni/c1-9-17-25-27-28-30-38-52-51(37-29-26-18-10-2)53(47-39-43(31-19-11-3)49(35-23-15-7)44(40-47)32-20-12-4)56(55)54(52)48-41-45(33-21-13-5)50(36-24-16-8)46(42-48)34-22-14-6;2*1-7-5-3-2-4-6-7;/h30,38-42H,9-29,31-37H2,1-8H3;2*2-6H,1H2;/q;2*-1;+2. The second-order valence-corrected chi connectivity index (χ2v) is 20.1. The van der Waals surface area contributed by atoms with Crippen molar-refractivity contribution in [3.63, 3.8) is 0 Å². The van der Waals surface area contributed by atoms with Gasteiger partial charge in [0.1, 0.15) is 0 Å². The summed E-state index contributed by atoms with van der Waals surface area (Å²) in [7, 11) is 0. The van der Waals surface area contributed by atoms with E-state index in [4.69, 9.17) is 0 Å². The van der Waals surface area contributed by atoms with Gasteiger partial charge < -0.3 is 5.53 Å². The third-order valence-corrected chi connectivity index (χ3v) is 13.9. The molecule has 1 aliphatic heterocycles. The van der Waals surface area contributed by atoms with Crippen molar-refractivity contribution in [3.8, 4) is 0 Å². The third kappa shape index (κ3) is 22.3. The first kappa shape index (κ1) is 63.1. The molecule has 392 valence electrons. The van der Waals surface area contributed by atoms with Crippen molar-refractivity contribution >= 4 is 11.4 Å². The Labute approximate surface area is 448 Å². The third-order valence-electron chi connectivity index (χ3n) is 13.9. The molecule has 0 bridgehead atoms. The fourth-order valence-electron chi connectivity index (χ4n) is 9.78. The molecule has 1 aliphatic rings. The van der Waals surface area contributed by atoms with E-state index in [0.29, 0.717) is 0 Å².